The van der Waals surface area contributed by atoms with Crippen LogP contribution in [0.3, 0.4) is 0 Å². The number of hydrogen-bond acceptors (Lipinski definition) is 6. The number of ether oxygens (including phenoxy) is 1. The van der Waals surface area contributed by atoms with Crippen LogP contribution < -0.4 is 15.0 Å². The van der Waals surface area contributed by atoms with Crippen molar-refractivity contribution >= 4 is 22.6 Å². The van der Waals surface area contributed by atoms with Gasteiger partial charge in [-0.1, -0.05) is 30.3 Å². The summed E-state index contributed by atoms with van der Waals surface area (Å²) >= 11 is 1.47. The van der Waals surface area contributed by atoms with Crippen molar-refractivity contribution in [3.05, 3.63) is 71.5 Å². The summed E-state index contributed by atoms with van der Waals surface area (Å²) in [6.45, 7) is 2.61. The zero-order valence-electron chi connectivity index (χ0n) is 17.1. The van der Waals surface area contributed by atoms with Gasteiger partial charge in [-0.25, -0.2) is 4.98 Å². The van der Waals surface area contributed by atoms with Crippen molar-refractivity contribution in [1.82, 2.24) is 14.7 Å². The van der Waals surface area contributed by atoms with Gasteiger partial charge in [0.1, 0.15) is 11.6 Å². The highest BCUT2D eigenvalue weighted by atomic mass is 32.1. The van der Waals surface area contributed by atoms with Crippen LogP contribution in [-0.2, 0) is 6.42 Å². The van der Waals surface area contributed by atoms with E-state index in [2.05, 4.69) is 20.7 Å². The van der Waals surface area contributed by atoms with Crippen molar-refractivity contribution < 1.29 is 9.53 Å². The summed E-state index contributed by atoms with van der Waals surface area (Å²) < 4.78 is 9.84. The van der Waals surface area contributed by atoms with Gasteiger partial charge in [0, 0.05) is 43.2 Å². The van der Waals surface area contributed by atoms with Gasteiger partial charge in [-0.3, -0.25) is 4.79 Å². The van der Waals surface area contributed by atoms with Crippen molar-refractivity contribution in [2.75, 3.05) is 31.6 Å². The Morgan fingerprint density at radius 3 is 2.73 bits per heavy atom. The van der Waals surface area contributed by atoms with Crippen LogP contribution in [0.15, 0.2) is 54.6 Å². The molecule has 1 N–H and O–H groups in total. The number of rotatable bonds is 7. The van der Waals surface area contributed by atoms with Crippen molar-refractivity contribution in [2.24, 2.45) is 5.92 Å². The van der Waals surface area contributed by atoms with Gasteiger partial charge in [-0.05, 0) is 48.6 Å². The normalized spacial score (nSPS) is 14.5. The summed E-state index contributed by atoms with van der Waals surface area (Å²) in [7, 11) is 1.68. The molecular weight excluding hydrogens is 396 g/mol. The van der Waals surface area contributed by atoms with E-state index in [1.807, 2.05) is 48.5 Å². The molecule has 1 aromatic heterocycles. The Bertz CT molecular complexity index is 968. The number of methoxy groups -OCH3 is 1. The number of carbonyl (C=O) groups is 1. The molecule has 7 heteroatoms. The van der Waals surface area contributed by atoms with E-state index in [0.29, 0.717) is 17.9 Å². The second-order valence-corrected chi connectivity index (χ2v) is 8.26. The zero-order valence-corrected chi connectivity index (χ0v) is 17.9. The van der Waals surface area contributed by atoms with Crippen molar-refractivity contribution in [3.8, 4) is 5.75 Å². The third kappa shape index (κ3) is 5.16. The lowest BCUT2D eigenvalue weighted by Crippen LogP contribution is -2.38. The maximum Gasteiger partial charge on any atom is 0.251 e. The third-order valence-electron chi connectivity index (χ3n) is 5.43. The number of carbonyl (C=O) groups excluding carboxylic acids is 1. The first-order chi connectivity index (χ1) is 14.7. The monoisotopic (exact) mass is 422 g/mol. The fraction of sp³-hybridized carbons (Fsp3) is 0.348. The Morgan fingerprint density at radius 2 is 1.97 bits per heavy atom. The first-order valence-electron chi connectivity index (χ1n) is 10.2. The molecule has 0 radical (unpaired) electrons. The Labute approximate surface area is 181 Å². The largest absolute Gasteiger partial charge is 0.497 e. The molecule has 1 aliphatic rings. The minimum absolute atomic E-state index is 0.00402. The number of benzene rings is 2. The summed E-state index contributed by atoms with van der Waals surface area (Å²) in [5, 5.41) is 4.06. The van der Waals surface area contributed by atoms with Gasteiger partial charge in [-0.15, -0.1) is 0 Å². The summed E-state index contributed by atoms with van der Waals surface area (Å²) in [5.41, 5.74) is 1.86. The van der Waals surface area contributed by atoms with E-state index < -0.39 is 0 Å². The van der Waals surface area contributed by atoms with E-state index >= 15 is 0 Å². The molecule has 156 valence electrons. The Morgan fingerprint density at radius 1 is 1.17 bits per heavy atom. The predicted octanol–water partition coefficient (Wildman–Crippen LogP) is 3.78. The third-order valence-corrected chi connectivity index (χ3v) is 6.24. The van der Waals surface area contributed by atoms with Crippen LogP contribution in [0.4, 0.5) is 5.13 Å². The van der Waals surface area contributed by atoms with Gasteiger partial charge < -0.3 is 15.0 Å². The van der Waals surface area contributed by atoms with Crippen molar-refractivity contribution in [1.29, 1.82) is 0 Å². The lowest BCUT2D eigenvalue weighted by atomic mass is 9.97. The SMILES string of the molecule is COc1cccc(Cc2nsc(N3CCC(CNC(=O)c4ccccc4)CC3)n2)c1. The summed E-state index contributed by atoms with van der Waals surface area (Å²) in [6.07, 6.45) is 2.79. The van der Waals surface area contributed by atoms with Gasteiger partial charge in [0.2, 0.25) is 5.13 Å². The van der Waals surface area contributed by atoms with E-state index in [-0.39, 0.29) is 5.91 Å². The molecule has 4 rings (SSSR count). The molecule has 3 aromatic rings. The fourth-order valence-electron chi connectivity index (χ4n) is 3.67. The van der Waals surface area contributed by atoms with Crippen LogP contribution in [0.25, 0.3) is 0 Å². The lowest BCUT2D eigenvalue weighted by molar-refractivity contribution is 0.0945. The van der Waals surface area contributed by atoms with E-state index in [1.54, 1.807) is 7.11 Å². The number of hydrogen-bond donors (Lipinski definition) is 1. The molecule has 6 nitrogen and oxygen atoms in total. The Balaban J connectivity index is 1.26. The number of aromatic nitrogens is 2. The average molecular weight is 423 g/mol. The van der Waals surface area contributed by atoms with Crippen LogP contribution in [-0.4, -0.2) is 42.0 Å². The molecule has 0 unspecified atom stereocenters. The molecule has 0 saturated carbocycles. The molecule has 0 atom stereocenters. The number of anilines is 1. The highest BCUT2D eigenvalue weighted by Gasteiger charge is 2.22. The average Bonchev–Trinajstić information content (AvgIpc) is 3.27. The lowest BCUT2D eigenvalue weighted by Gasteiger charge is -2.31. The van der Waals surface area contributed by atoms with Gasteiger partial charge in [-0.2, -0.15) is 4.37 Å². The number of amides is 1. The van der Waals surface area contributed by atoms with Gasteiger partial charge in [0.15, 0.2) is 0 Å². The number of piperidine rings is 1. The first-order valence-corrected chi connectivity index (χ1v) is 11.0. The maximum atomic E-state index is 12.2. The highest BCUT2D eigenvalue weighted by molar-refractivity contribution is 7.09. The van der Waals surface area contributed by atoms with Gasteiger partial charge >= 0.3 is 0 Å². The second-order valence-electron chi connectivity index (χ2n) is 7.53. The van der Waals surface area contributed by atoms with Crippen molar-refractivity contribution in [3.63, 3.8) is 0 Å². The molecule has 1 amide bonds. The van der Waals surface area contributed by atoms with Gasteiger partial charge in [0.05, 0.1) is 7.11 Å². The standard InChI is InChI=1S/C23H26N4O2S/c1-29-20-9-5-6-18(14-20)15-21-25-23(30-26-21)27-12-10-17(11-13-27)16-24-22(28)19-7-3-2-4-8-19/h2-9,14,17H,10-13,15-16H2,1H3,(H,24,28). The minimum atomic E-state index is 0.00402. The Hall–Kier alpha value is -2.93. The molecule has 2 heterocycles. The predicted molar refractivity (Wildman–Crippen MR) is 119 cm³/mol. The summed E-state index contributed by atoms with van der Waals surface area (Å²) in [6, 6.07) is 17.4. The number of nitrogens with zero attached hydrogens (tertiary/aromatic N) is 3. The molecule has 30 heavy (non-hydrogen) atoms. The quantitative estimate of drug-likeness (QED) is 0.628. The molecule has 1 saturated heterocycles. The van der Waals surface area contributed by atoms with E-state index in [0.717, 1.165) is 54.7 Å². The molecular formula is C23H26N4O2S. The van der Waals surface area contributed by atoms with E-state index in [1.165, 1.54) is 11.5 Å². The molecule has 1 aliphatic heterocycles. The highest BCUT2D eigenvalue weighted by Crippen LogP contribution is 2.25. The van der Waals surface area contributed by atoms with E-state index in [9.17, 15) is 4.79 Å². The van der Waals surface area contributed by atoms with Crippen LogP contribution in [0, 0.1) is 5.92 Å². The smallest absolute Gasteiger partial charge is 0.251 e. The molecule has 0 aliphatic carbocycles. The van der Waals surface area contributed by atoms with Gasteiger partial charge in [0.25, 0.3) is 5.91 Å². The topological polar surface area (TPSA) is 67.3 Å². The summed E-state index contributed by atoms with van der Waals surface area (Å²) in [5.74, 6) is 2.20. The molecule has 2 aromatic carbocycles. The van der Waals surface area contributed by atoms with Crippen LogP contribution in [0.1, 0.15) is 34.6 Å². The molecule has 0 bridgehead atoms. The number of nitrogens with one attached hydrogen (secondary N) is 1. The van der Waals surface area contributed by atoms with Crippen LogP contribution >= 0.6 is 11.5 Å². The molecule has 0 spiro atoms. The zero-order chi connectivity index (χ0) is 20.8. The fourth-order valence-corrected chi connectivity index (χ4v) is 4.40. The minimum Gasteiger partial charge on any atom is -0.497 e. The van der Waals surface area contributed by atoms with E-state index in [4.69, 9.17) is 9.72 Å². The summed E-state index contributed by atoms with van der Waals surface area (Å²) in [4.78, 5) is 19.3. The van der Waals surface area contributed by atoms with Crippen LogP contribution in [0.2, 0.25) is 0 Å². The first kappa shape index (κ1) is 20.3. The maximum absolute atomic E-state index is 12.2. The van der Waals surface area contributed by atoms with Crippen molar-refractivity contribution in [2.45, 2.75) is 19.3 Å². The van der Waals surface area contributed by atoms with Crippen LogP contribution in [0.5, 0.6) is 5.75 Å². The second kappa shape index (κ2) is 9.71. The Kier molecular flexibility index (Phi) is 6.59. The molecule has 1 fully saturated rings.